The molecule has 1 aliphatic rings. The molecule has 1 fully saturated rings. The van der Waals surface area contributed by atoms with Crippen LogP contribution in [0.1, 0.15) is 43.5 Å². The highest BCUT2D eigenvalue weighted by Gasteiger charge is 2.45. The second kappa shape index (κ2) is 9.17. The Hall–Kier alpha value is -3.12. The van der Waals surface area contributed by atoms with Crippen LogP contribution < -0.4 is 4.74 Å². The van der Waals surface area contributed by atoms with Crippen molar-refractivity contribution in [3.8, 4) is 5.75 Å². The van der Waals surface area contributed by atoms with E-state index in [2.05, 4.69) is 20.8 Å². The van der Waals surface area contributed by atoms with Crippen LogP contribution in [0.3, 0.4) is 0 Å². The van der Waals surface area contributed by atoms with Crippen molar-refractivity contribution in [2.24, 2.45) is 0 Å². The van der Waals surface area contributed by atoms with Gasteiger partial charge in [0.2, 0.25) is 0 Å². The minimum atomic E-state index is -0.672. The zero-order valence-corrected chi connectivity index (χ0v) is 19.7. The summed E-state index contributed by atoms with van der Waals surface area (Å²) in [5.74, 6) is -0.906. The van der Waals surface area contributed by atoms with Gasteiger partial charge in [0.25, 0.3) is 11.7 Å². The average Bonchev–Trinajstić information content (AvgIpc) is 3.01. The number of aliphatic hydroxyl groups excluding tert-OH is 1. The van der Waals surface area contributed by atoms with Crippen molar-refractivity contribution in [3.05, 3.63) is 70.8 Å². The number of ether oxygens (including phenoxy) is 1. The first-order valence-electron chi connectivity index (χ1n) is 10.7. The van der Waals surface area contributed by atoms with Gasteiger partial charge < -0.3 is 19.6 Å². The summed E-state index contributed by atoms with van der Waals surface area (Å²) in [6.45, 7) is 7.37. The molecule has 0 radical (unpaired) electrons. The van der Waals surface area contributed by atoms with E-state index in [0.717, 1.165) is 11.1 Å². The lowest BCUT2D eigenvalue weighted by molar-refractivity contribution is -0.140. The van der Waals surface area contributed by atoms with Crippen molar-refractivity contribution in [2.45, 2.75) is 32.2 Å². The molecule has 0 bridgehead atoms. The van der Waals surface area contributed by atoms with Gasteiger partial charge in [-0.15, -0.1) is 0 Å². The fourth-order valence-electron chi connectivity index (χ4n) is 3.86. The second-order valence-corrected chi connectivity index (χ2v) is 9.40. The molecule has 0 aliphatic carbocycles. The SMILES string of the molecule is COc1cccc(/C(O)=C2\C(=O)C(=O)N(CCN(C)C)[C@@H]2c2ccc(C(C)(C)C)cc2)c1. The number of carbonyl (C=O) groups excluding carboxylic acids is 2. The molecule has 1 aliphatic heterocycles. The molecule has 2 aromatic rings. The molecule has 2 aromatic carbocycles. The van der Waals surface area contributed by atoms with E-state index in [0.29, 0.717) is 24.4 Å². The van der Waals surface area contributed by atoms with Crippen LogP contribution in [0.5, 0.6) is 5.75 Å². The highest BCUT2D eigenvalue weighted by molar-refractivity contribution is 6.46. The maximum atomic E-state index is 13.1. The third-order valence-electron chi connectivity index (χ3n) is 5.76. The number of Topliss-reactive ketones (excluding diaryl/α,β-unsaturated/α-hetero) is 1. The number of likely N-dealkylation sites (N-methyl/N-ethyl adjacent to an activating group) is 1. The van der Waals surface area contributed by atoms with Gasteiger partial charge in [0, 0.05) is 18.7 Å². The first-order valence-corrected chi connectivity index (χ1v) is 10.7. The monoisotopic (exact) mass is 436 g/mol. The van der Waals surface area contributed by atoms with Gasteiger partial charge in [-0.25, -0.2) is 0 Å². The van der Waals surface area contributed by atoms with Crippen molar-refractivity contribution >= 4 is 17.4 Å². The van der Waals surface area contributed by atoms with Crippen LogP contribution in [0.4, 0.5) is 0 Å². The topological polar surface area (TPSA) is 70.1 Å². The van der Waals surface area contributed by atoms with Gasteiger partial charge in [-0.1, -0.05) is 57.2 Å². The van der Waals surface area contributed by atoms with Crippen molar-refractivity contribution in [3.63, 3.8) is 0 Å². The van der Waals surface area contributed by atoms with Crippen LogP contribution in [0.2, 0.25) is 0 Å². The van der Waals surface area contributed by atoms with Gasteiger partial charge in [0.15, 0.2) is 0 Å². The van der Waals surface area contributed by atoms with E-state index in [1.54, 1.807) is 29.2 Å². The molecule has 1 N–H and O–H groups in total. The smallest absolute Gasteiger partial charge is 0.295 e. The number of rotatable bonds is 6. The summed E-state index contributed by atoms with van der Waals surface area (Å²) >= 11 is 0. The number of carbonyl (C=O) groups is 2. The fraction of sp³-hybridized carbons (Fsp3) is 0.385. The third kappa shape index (κ3) is 4.70. The maximum absolute atomic E-state index is 13.1. The fourth-order valence-corrected chi connectivity index (χ4v) is 3.86. The van der Waals surface area contributed by atoms with Gasteiger partial charge in [-0.05, 0) is 42.8 Å². The van der Waals surface area contributed by atoms with Crippen molar-refractivity contribution in [1.82, 2.24) is 9.80 Å². The Labute approximate surface area is 190 Å². The van der Waals surface area contributed by atoms with Crippen LogP contribution in [0.25, 0.3) is 5.76 Å². The second-order valence-electron chi connectivity index (χ2n) is 9.40. The van der Waals surface area contributed by atoms with E-state index in [1.165, 1.54) is 7.11 Å². The maximum Gasteiger partial charge on any atom is 0.295 e. The van der Waals surface area contributed by atoms with Gasteiger partial charge in [0.05, 0.1) is 18.7 Å². The molecule has 6 heteroatoms. The van der Waals surface area contributed by atoms with Crippen molar-refractivity contribution < 1.29 is 19.4 Å². The van der Waals surface area contributed by atoms with E-state index in [1.807, 2.05) is 43.3 Å². The van der Waals surface area contributed by atoms with Gasteiger partial charge in [0.1, 0.15) is 11.5 Å². The quantitative estimate of drug-likeness (QED) is 0.421. The van der Waals surface area contributed by atoms with E-state index in [9.17, 15) is 14.7 Å². The average molecular weight is 437 g/mol. The lowest BCUT2D eigenvalue weighted by Crippen LogP contribution is -2.35. The summed E-state index contributed by atoms with van der Waals surface area (Å²) in [7, 11) is 5.37. The van der Waals surface area contributed by atoms with Crippen LogP contribution in [-0.4, -0.2) is 60.9 Å². The number of hydrogen-bond acceptors (Lipinski definition) is 5. The predicted molar refractivity (Wildman–Crippen MR) is 126 cm³/mol. The minimum Gasteiger partial charge on any atom is -0.507 e. The molecule has 0 saturated carbocycles. The molecule has 32 heavy (non-hydrogen) atoms. The third-order valence-corrected chi connectivity index (χ3v) is 5.76. The van der Waals surface area contributed by atoms with E-state index in [4.69, 9.17) is 4.74 Å². The van der Waals surface area contributed by atoms with E-state index < -0.39 is 17.7 Å². The number of benzene rings is 2. The molecule has 0 aromatic heterocycles. The molecule has 1 atom stereocenters. The molecule has 0 unspecified atom stereocenters. The molecule has 6 nitrogen and oxygen atoms in total. The molecule has 170 valence electrons. The Morgan fingerprint density at radius 2 is 1.75 bits per heavy atom. The van der Waals surface area contributed by atoms with Gasteiger partial charge >= 0.3 is 0 Å². The Kier molecular flexibility index (Phi) is 6.74. The number of methoxy groups -OCH3 is 1. The number of likely N-dealkylation sites (tertiary alicyclic amines) is 1. The van der Waals surface area contributed by atoms with Gasteiger partial charge in [-0.2, -0.15) is 0 Å². The Balaban J connectivity index is 2.14. The summed E-state index contributed by atoms with van der Waals surface area (Å²) in [6, 6.07) is 14.1. The number of ketones is 1. The molecule has 1 amide bonds. The zero-order chi connectivity index (χ0) is 23.6. The molecule has 1 saturated heterocycles. The Morgan fingerprint density at radius 3 is 2.31 bits per heavy atom. The minimum absolute atomic E-state index is 0.0220. The van der Waals surface area contributed by atoms with Gasteiger partial charge in [-0.3, -0.25) is 9.59 Å². The number of amides is 1. The largest absolute Gasteiger partial charge is 0.507 e. The Bertz CT molecular complexity index is 1030. The summed E-state index contributed by atoms with van der Waals surface area (Å²) < 4.78 is 5.26. The summed E-state index contributed by atoms with van der Waals surface area (Å²) in [6.07, 6.45) is 0. The molecule has 3 rings (SSSR count). The van der Waals surface area contributed by atoms with Crippen LogP contribution in [-0.2, 0) is 15.0 Å². The van der Waals surface area contributed by atoms with Crippen LogP contribution >= 0.6 is 0 Å². The highest BCUT2D eigenvalue weighted by atomic mass is 16.5. The number of aliphatic hydroxyl groups is 1. The summed E-state index contributed by atoms with van der Waals surface area (Å²) in [5, 5.41) is 11.2. The molecular formula is C26H32N2O4. The predicted octanol–water partition coefficient (Wildman–Crippen LogP) is 3.98. The molecular weight excluding hydrogens is 404 g/mol. The van der Waals surface area contributed by atoms with E-state index in [-0.39, 0.29) is 16.7 Å². The molecule has 0 spiro atoms. The first-order chi connectivity index (χ1) is 15.0. The standard InChI is InChI=1S/C26H32N2O4/c1-26(2,3)19-12-10-17(11-13-19)22-21(23(29)18-8-7-9-20(16-18)32-6)24(30)25(31)28(22)15-14-27(4)5/h7-13,16,22,29H,14-15H2,1-6H3/b23-21+/t22-/m1/s1. The number of nitrogens with zero attached hydrogens (tertiary/aromatic N) is 2. The van der Waals surface area contributed by atoms with Crippen molar-refractivity contribution in [1.29, 1.82) is 0 Å². The first kappa shape index (κ1) is 23.5. The molecule has 1 heterocycles. The lowest BCUT2D eigenvalue weighted by atomic mass is 9.85. The normalized spacial score (nSPS) is 18.5. The number of hydrogen-bond donors (Lipinski definition) is 1. The van der Waals surface area contributed by atoms with Crippen LogP contribution in [0.15, 0.2) is 54.1 Å². The Morgan fingerprint density at radius 1 is 1.09 bits per heavy atom. The van der Waals surface area contributed by atoms with Crippen LogP contribution in [0, 0.1) is 0 Å². The zero-order valence-electron chi connectivity index (χ0n) is 19.7. The van der Waals surface area contributed by atoms with E-state index >= 15 is 0 Å². The lowest BCUT2D eigenvalue weighted by Gasteiger charge is -2.27. The highest BCUT2D eigenvalue weighted by Crippen LogP contribution is 2.40. The van der Waals surface area contributed by atoms with Crippen molar-refractivity contribution in [2.75, 3.05) is 34.3 Å². The summed E-state index contributed by atoms with van der Waals surface area (Å²) in [5.41, 5.74) is 2.46. The summed E-state index contributed by atoms with van der Waals surface area (Å²) in [4.78, 5) is 29.6.